The number of oxazole rings is 1. The largest absolute Gasteiger partial charge is 0.469 e. The number of allylic oxidation sites excluding steroid dienone is 5. The molecule has 0 amide bonds. The maximum atomic E-state index is 13.0. The molecule has 0 saturated carbocycles. The molecule has 0 aliphatic carbocycles. The molecule has 45 heavy (non-hydrogen) atoms. The summed E-state index contributed by atoms with van der Waals surface area (Å²) in [6, 6.07) is 0. The number of aromatic nitrogens is 1. The van der Waals surface area contributed by atoms with E-state index in [2.05, 4.69) is 4.98 Å². The summed E-state index contributed by atoms with van der Waals surface area (Å²) in [4.78, 5) is 29.2. The van der Waals surface area contributed by atoms with E-state index < -0.39 is 47.9 Å². The van der Waals surface area contributed by atoms with Crippen molar-refractivity contribution in [3.8, 4) is 0 Å². The smallest absolute Gasteiger partial charge is 0.330 e. The summed E-state index contributed by atoms with van der Waals surface area (Å²) in [5.41, 5.74) is 1.41. The fourth-order valence-electron chi connectivity index (χ4n) is 5.45. The molecule has 1 aromatic heterocycles. The van der Waals surface area contributed by atoms with E-state index in [0.29, 0.717) is 24.3 Å². The van der Waals surface area contributed by atoms with Crippen LogP contribution in [0, 0.1) is 24.7 Å². The van der Waals surface area contributed by atoms with E-state index in [0.717, 1.165) is 11.3 Å². The fraction of sp³-hybridized carbons (Fsp3) is 0.571. The number of carbonyl (C=O) groups is 2. The highest BCUT2D eigenvalue weighted by Crippen LogP contribution is 2.43. The number of hydrogen-bond donors (Lipinski definition) is 3. The molecular weight excluding hydrogens is 578 g/mol. The summed E-state index contributed by atoms with van der Waals surface area (Å²) in [5.74, 6) is -1.48. The van der Waals surface area contributed by atoms with Crippen LogP contribution in [-0.4, -0.2) is 75.5 Å². The topological polar surface area (TPSA) is 152 Å². The Morgan fingerprint density at radius 2 is 1.98 bits per heavy atom. The van der Waals surface area contributed by atoms with Crippen molar-refractivity contribution in [2.24, 2.45) is 17.8 Å². The predicted octanol–water partition coefficient (Wildman–Crippen LogP) is 4.79. The Kier molecular flexibility index (Phi) is 13.1. The highest BCUT2D eigenvalue weighted by atomic mass is 16.6. The average molecular weight is 628 g/mol. The van der Waals surface area contributed by atoms with Gasteiger partial charge in [-0.25, -0.2) is 9.78 Å². The number of fused-ring (bicyclic) bond motifs is 1. The van der Waals surface area contributed by atoms with Crippen molar-refractivity contribution in [2.75, 3.05) is 7.11 Å². The number of methoxy groups -OCH3 is 1. The maximum absolute atomic E-state index is 13.0. The Bertz CT molecular complexity index is 1310. The first-order valence-corrected chi connectivity index (χ1v) is 15.5. The number of carbonyl (C=O) groups excluding carboxylic acids is 2. The molecule has 3 rings (SSSR count). The molecule has 3 heterocycles. The van der Waals surface area contributed by atoms with Crippen molar-refractivity contribution < 1.29 is 43.5 Å². The van der Waals surface area contributed by atoms with Gasteiger partial charge in [-0.1, -0.05) is 50.3 Å². The molecule has 3 N–H and O–H groups in total. The lowest BCUT2D eigenvalue weighted by molar-refractivity contribution is -0.150. The first-order valence-electron chi connectivity index (χ1n) is 15.5. The molecule has 1 saturated heterocycles. The van der Waals surface area contributed by atoms with Crippen molar-refractivity contribution in [2.45, 2.75) is 103 Å². The van der Waals surface area contributed by atoms with Crippen LogP contribution >= 0.6 is 0 Å². The lowest BCUT2D eigenvalue weighted by Crippen LogP contribution is -2.40. The molecule has 2 aliphatic heterocycles. The van der Waals surface area contributed by atoms with Gasteiger partial charge in [0.1, 0.15) is 29.8 Å². The number of nitrogens with zero attached hydrogens (tertiary/aromatic N) is 1. The summed E-state index contributed by atoms with van der Waals surface area (Å²) >= 11 is 0. The highest BCUT2D eigenvalue weighted by Gasteiger charge is 2.56. The number of esters is 2. The highest BCUT2D eigenvalue weighted by molar-refractivity contribution is 5.82. The van der Waals surface area contributed by atoms with Crippen molar-refractivity contribution in [1.82, 2.24) is 4.98 Å². The van der Waals surface area contributed by atoms with E-state index in [1.165, 1.54) is 13.2 Å². The second kappa shape index (κ2) is 16.3. The number of rotatable bonds is 8. The van der Waals surface area contributed by atoms with Gasteiger partial charge in [-0.05, 0) is 56.8 Å². The van der Waals surface area contributed by atoms with Gasteiger partial charge < -0.3 is 33.9 Å². The predicted molar refractivity (Wildman–Crippen MR) is 170 cm³/mol. The molecular formula is C35H49NO9. The van der Waals surface area contributed by atoms with Gasteiger partial charge >= 0.3 is 11.9 Å². The first-order chi connectivity index (χ1) is 21.2. The number of hydrogen-bond acceptors (Lipinski definition) is 10. The zero-order chi connectivity index (χ0) is 33.3. The zero-order valence-electron chi connectivity index (χ0n) is 27.4. The van der Waals surface area contributed by atoms with Crippen LogP contribution in [0.2, 0.25) is 0 Å². The summed E-state index contributed by atoms with van der Waals surface area (Å²) in [6.07, 6.45) is 12.5. The van der Waals surface area contributed by atoms with Crippen LogP contribution < -0.4 is 0 Å². The SMILES string of the molecule is COC(=O)C[C@@H]1C/C=C/C(=O)OC([C@H](C)[C@@H](O)/C(C)=C/C=C/C(C)=C/c2coc(C)n2)C[C@H](O)C2(C)O[C@@H]2/C=C/[C@@H](C)[C@H](O)C1. The van der Waals surface area contributed by atoms with E-state index in [9.17, 15) is 24.9 Å². The molecule has 0 radical (unpaired) electrons. The Labute approximate surface area is 266 Å². The van der Waals surface area contributed by atoms with Crippen LogP contribution in [0.1, 0.15) is 71.9 Å². The van der Waals surface area contributed by atoms with Crippen LogP contribution in [0.25, 0.3) is 6.08 Å². The van der Waals surface area contributed by atoms with Crippen molar-refractivity contribution in [1.29, 1.82) is 0 Å². The molecule has 9 atom stereocenters. The number of aliphatic hydroxyl groups excluding tert-OH is 3. The van der Waals surface area contributed by atoms with E-state index in [-0.39, 0.29) is 30.8 Å². The minimum atomic E-state index is -0.988. The summed E-state index contributed by atoms with van der Waals surface area (Å²) in [5, 5.41) is 33.3. The normalized spacial score (nSPS) is 33.2. The number of cyclic esters (lactones) is 1. The second-order valence-corrected chi connectivity index (χ2v) is 12.5. The van der Waals surface area contributed by atoms with Crippen LogP contribution in [0.3, 0.4) is 0 Å². The van der Waals surface area contributed by atoms with Gasteiger partial charge in [0.15, 0.2) is 5.89 Å². The molecule has 2 aliphatic rings. The lowest BCUT2D eigenvalue weighted by atomic mass is 9.86. The zero-order valence-corrected chi connectivity index (χ0v) is 27.4. The van der Waals surface area contributed by atoms with Gasteiger partial charge in [-0.2, -0.15) is 0 Å². The molecule has 1 aromatic rings. The third-order valence-electron chi connectivity index (χ3n) is 8.73. The van der Waals surface area contributed by atoms with Crippen molar-refractivity contribution in [3.63, 3.8) is 0 Å². The Morgan fingerprint density at radius 3 is 2.64 bits per heavy atom. The molecule has 0 aromatic carbocycles. The number of ether oxygens (including phenoxy) is 3. The maximum Gasteiger partial charge on any atom is 0.330 e. The second-order valence-electron chi connectivity index (χ2n) is 12.5. The molecule has 1 fully saturated rings. The van der Waals surface area contributed by atoms with Gasteiger partial charge in [-0.3, -0.25) is 4.79 Å². The third-order valence-corrected chi connectivity index (χ3v) is 8.73. The van der Waals surface area contributed by atoms with Gasteiger partial charge in [0, 0.05) is 37.7 Å². The quantitative estimate of drug-likeness (QED) is 0.159. The fourth-order valence-corrected chi connectivity index (χ4v) is 5.45. The van der Waals surface area contributed by atoms with Gasteiger partial charge in [0.05, 0.1) is 25.4 Å². The van der Waals surface area contributed by atoms with Gasteiger partial charge in [0.2, 0.25) is 0 Å². The molecule has 10 nitrogen and oxygen atoms in total. The number of epoxide rings is 1. The Hall–Kier alpha value is -3.31. The summed E-state index contributed by atoms with van der Waals surface area (Å²) in [7, 11) is 1.32. The van der Waals surface area contributed by atoms with Crippen LogP contribution in [0.5, 0.6) is 0 Å². The van der Waals surface area contributed by atoms with Crippen LogP contribution in [-0.2, 0) is 23.8 Å². The van der Waals surface area contributed by atoms with Crippen molar-refractivity contribution >= 4 is 18.0 Å². The molecule has 10 heteroatoms. The van der Waals surface area contributed by atoms with Gasteiger partial charge in [0.25, 0.3) is 0 Å². The Morgan fingerprint density at radius 1 is 1.24 bits per heavy atom. The van der Waals surface area contributed by atoms with E-state index in [4.69, 9.17) is 18.6 Å². The van der Waals surface area contributed by atoms with Crippen molar-refractivity contribution in [3.05, 3.63) is 71.5 Å². The monoisotopic (exact) mass is 627 g/mol. The standard InChI is InChI=1S/C35H49NO9/c1-21(16-27-20-43-25(5)36-27)10-8-11-23(3)34(41)24(4)29-19-30(38)35(6)31(45-35)15-14-22(2)28(37)17-26(18-33(40)42-7)12-9-13-32(39)44-29/h8-11,13-16,20,22,24,26,28-31,34,37-38,41H,12,17-19H2,1-7H3/b10-8+,13-9+,15-14+,21-16+,23-11+/t22-,24+,26-,28-,29?,30+,31-,34+,35?/m1/s1. The molecule has 0 spiro atoms. The molecule has 0 bridgehead atoms. The van der Waals surface area contributed by atoms with Crippen LogP contribution in [0.4, 0.5) is 0 Å². The minimum absolute atomic E-state index is 0.0455. The van der Waals surface area contributed by atoms with Gasteiger partial charge in [-0.15, -0.1) is 0 Å². The number of aryl methyl sites for hydroxylation is 1. The van der Waals surface area contributed by atoms with E-state index >= 15 is 0 Å². The molecule has 248 valence electrons. The first kappa shape index (κ1) is 36.2. The summed E-state index contributed by atoms with van der Waals surface area (Å²) in [6.45, 7) is 10.9. The minimum Gasteiger partial charge on any atom is -0.469 e. The van der Waals surface area contributed by atoms with E-state index in [1.807, 2.05) is 44.2 Å². The number of aliphatic hydroxyl groups is 3. The average Bonchev–Trinajstić information content (AvgIpc) is 3.50. The van der Waals surface area contributed by atoms with E-state index in [1.54, 1.807) is 46.1 Å². The Balaban J connectivity index is 1.79. The lowest BCUT2D eigenvalue weighted by Gasteiger charge is -2.30. The third kappa shape index (κ3) is 10.6. The van der Waals surface area contributed by atoms with Crippen LogP contribution in [0.15, 0.2) is 64.4 Å². The molecule has 2 unspecified atom stereocenters. The summed E-state index contributed by atoms with van der Waals surface area (Å²) < 4.78 is 21.7.